The van der Waals surface area contributed by atoms with E-state index in [1.54, 1.807) is 42.1 Å². The quantitative estimate of drug-likeness (QED) is 0.329. The lowest BCUT2D eigenvalue weighted by Crippen LogP contribution is -2.36. The molecule has 3 amide bonds. The fraction of sp³-hybridized carbons (Fsp3) is 0.125. The molecule has 34 heavy (non-hydrogen) atoms. The third kappa shape index (κ3) is 6.24. The summed E-state index contributed by atoms with van der Waals surface area (Å²) in [5.41, 5.74) is 0.556. The molecule has 1 aromatic heterocycles. The Kier molecular flexibility index (Phi) is 7.99. The zero-order chi connectivity index (χ0) is 24.1. The third-order valence-electron chi connectivity index (χ3n) is 4.53. The second-order valence-corrected chi connectivity index (χ2v) is 10.9. The van der Waals surface area contributed by atoms with E-state index in [0.29, 0.717) is 28.0 Å². The molecule has 1 saturated heterocycles. The highest BCUT2D eigenvalue weighted by Gasteiger charge is 2.36. The molecule has 2 heterocycles. The lowest BCUT2D eigenvalue weighted by Gasteiger charge is -2.12. The number of anilines is 1. The van der Waals surface area contributed by atoms with Crippen LogP contribution in [-0.2, 0) is 9.59 Å². The van der Waals surface area contributed by atoms with E-state index in [4.69, 9.17) is 16.3 Å². The first-order chi connectivity index (χ1) is 16.4. The molecular weight excluding hydrogens is 512 g/mol. The van der Waals surface area contributed by atoms with Crippen molar-refractivity contribution in [1.82, 2.24) is 4.90 Å². The summed E-state index contributed by atoms with van der Waals surface area (Å²) in [6, 6.07) is 18.3. The highest BCUT2D eigenvalue weighted by molar-refractivity contribution is 8.18. The second-order valence-electron chi connectivity index (χ2n) is 6.99. The van der Waals surface area contributed by atoms with Gasteiger partial charge in [0.1, 0.15) is 12.3 Å². The third-order valence-corrected chi connectivity index (χ3v) is 7.86. The predicted molar refractivity (Wildman–Crippen MR) is 139 cm³/mol. The molecule has 0 bridgehead atoms. The molecule has 10 heteroatoms. The van der Waals surface area contributed by atoms with E-state index in [0.717, 1.165) is 30.6 Å². The van der Waals surface area contributed by atoms with Crippen LogP contribution in [0.3, 0.4) is 0 Å². The number of amides is 3. The molecule has 174 valence electrons. The first-order valence-corrected chi connectivity index (χ1v) is 13.1. The summed E-state index contributed by atoms with van der Waals surface area (Å²) in [7, 11) is 0. The summed E-state index contributed by atoms with van der Waals surface area (Å²) < 4.78 is 6.42. The largest absolute Gasteiger partial charge is 0.494 e. The topological polar surface area (TPSA) is 75.7 Å². The number of benzene rings is 2. The summed E-state index contributed by atoms with van der Waals surface area (Å²) in [4.78, 5) is 40.7. The maximum Gasteiger partial charge on any atom is 0.294 e. The number of thiophene rings is 1. The van der Waals surface area contributed by atoms with Gasteiger partial charge < -0.3 is 10.1 Å². The molecule has 6 nitrogen and oxygen atoms in total. The molecule has 0 aliphatic carbocycles. The fourth-order valence-electron chi connectivity index (χ4n) is 3.00. The standard InChI is InChI=1S/C24H19ClN2O4S3/c1-2-31-17-7-5-16(6-8-17)26-21(28)14-27-23(29)20(34-24(27)30)13-19-11-12-22(33-19)32-18-9-3-15(25)4-10-18/h3-13H,2,14H2,1H3,(H,26,28)/b20-13+. The van der Waals surface area contributed by atoms with Crippen LogP contribution in [0.25, 0.3) is 6.08 Å². The van der Waals surface area contributed by atoms with Crippen molar-refractivity contribution < 1.29 is 19.1 Å². The van der Waals surface area contributed by atoms with Crippen LogP contribution in [0.4, 0.5) is 10.5 Å². The fourth-order valence-corrected chi connectivity index (χ4v) is 6.09. The van der Waals surface area contributed by atoms with Gasteiger partial charge in [0.25, 0.3) is 11.1 Å². The Hall–Kier alpha value is -2.72. The van der Waals surface area contributed by atoms with E-state index in [2.05, 4.69) is 5.32 Å². The van der Waals surface area contributed by atoms with E-state index in [1.165, 1.54) is 11.3 Å². The Morgan fingerprint density at radius 2 is 1.82 bits per heavy atom. The molecule has 0 unspecified atom stereocenters. The molecule has 0 atom stereocenters. The van der Waals surface area contributed by atoms with Crippen molar-refractivity contribution in [3.63, 3.8) is 0 Å². The van der Waals surface area contributed by atoms with Crippen LogP contribution in [0.15, 0.2) is 74.7 Å². The SMILES string of the molecule is CCOc1ccc(NC(=O)CN2C(=O)S/C(=C/c3ccc(Sc4ccc(Cl)cc4)s3)C2=O)cc1. The van der Waals surface area contributed by atoms with Gasteiger partial charge in [0.2, 0.25) is 5.91 Å². The van der Waals surface area contributed by atoms with Crippen LogP contribution < -0.4 is 10.1 Å². The summed E-state index contributed by atoms with van der Waals surface area (Å²) >= 11 is 9.87. The smallest absolute Gasteiger partial charge is 0.294 e. The van der Waals surface area contributed by atoms with Crippen LogP contribution in [-0.4, -0.2) is 35.1 Å². The zero-order valence-electron chi connectivity index (χ0n) is 17.9. The van der Waals surface area contributed by atoms with Gasteiger partial charge in [-0.25, -0.2) is 0 Å². The molecule has 1 fully saturated rings. The van der Waals surface area contributed by atoms with E-state index in [1.807, 2.05) is 43.3 Å². The number of imide groups is 1. The summed E-state index contributed by atoms with van der Waals surface area (Å²) in [6.07, 6.45) is 1.69. The van der Waals surface area contributed by atoms with Crippen molar-refractivity contribution >= 4 is 75.3 Å². The zero-order valence-corrected chi connectivity index (χ0v) is 21.2. The molecule has 0 saturated carbocycles. The molecule has 3 aromatic rings. The molecular formula is C24H19ClN2O4S3. The molecule has 0 radical (unpaired) electrons. The van der Waals surface area contributed by atoms with Crippen LogP contribution in [0.1, 0.15) is 11.8 Å². The maximum atomic E-state index is 12.8. The van der Waals surface area contributed by atoms with Crippen molar-refractivity contribution in [3.05, 3.63) is 75.5 Å². The van der Waals surface area contributed by atoms with Crippen LogP contribution in [0.5, 0.6) is 5.75 Å². The Morgan fingerprint density at radius 1 is 1.09 bits per heavy atom. The van der Waals surface area contributed by atoms with Crippen LogP contribution in [0, 0.1) is 0 Å². The number of carbonyl (C=O) groups excluding carboxylic acids is 3. The minimum atomic E-state index is -0.475. The lowest BCUT2D eigenvalue weighted by atomic mass is 10.3. The minimum Gasteiger partial charge on any atom is -0.494 e. The van der Waals surface area contributed by atoms with Gasteiger partial charge in [-0.15, -0.1) is 11.3 Å². The number of nitrogens with zero attached hydrogens (tertiary/aromatic N) is 1. The van der Waals surface area contributed by atoms with Gasteiger partial charge in [-0.3, -0.25) is 19.3 Å². The predicted octanol–water partition coefficient (Wildman–Crippen LogP) is 6.63. The van der Waals surface area contributed by atoms with E-state index in [9.17, 15) is 14.4 Å². The van der Waals surface area contributed by atoms with E-state index >= 15 is 0 Å². The number of nitrogens with one attached hydrogen (secondary N) is 1. The molecule has 1 aliphatic heterocycles. The first-order valence-electron chi connectivity index (χ1n) is 10.2. The Balaban J connectivity index is 1.37. The number of ether oxygens (including phenoxy) is 1. The molecule has 4 rings (SSSR count). The Bertz CT molecular complexity index is 1240. The molecule has 1 aliphatic rings. The van der Waals surface area contributed by atoms with Crippen molar-refractivity contribution in [1.29, 1.82) is 0 Å². The number of rotatable bonds is 8. The lowest BCUT2D eigenvalue weighted by molar-refractivity contribution is -0.127. The number of thioether (sulfide) groups is 1. The van der Waals surface area contributed by atoms with Crippen LogP contribution >= 0.6 is 46.5 Å². The Morgan fingerprint density at radius 3 is 2.53 bits per heavy atom. The van der Waals surface area contributed by atoms with Gasteiger partial charge in [-0.1, -0.05) is 23.4 Å². The van der Waals surface area contributed by atoms with Gasteiger partial charge in [0.05, 0.1) is 15.7 Å². The average molecular weight is 531 g/mol. The molecule has 1 N–H and O–H groups in total. The van der Waals surface area contributed by atoms with Crippen molar-refractivity contribution in [3.8, 4) is 5.75 Å². The number of carbonyl (C=O) groups is 3. The second kappa shape index (κ2) is 11.1. The van der Waals surface area contributed by atoms with Crippen molar-refractivity contribution in [2.75, 3.05) is 18.5 Å². The monoisotopic (exact) mass is 530 g/mol. The molecule has 0 spiro atoms. The number of hydrogen-bond donors (Lipinski definition) is 1. The molecule has 2 aromatic carbocycles. The van der Waals surface area contributed by atoms with E-state index < -0.39 is 17.1 Å². The summed E-state index contributed by atoms with van der Waals surface area (Å²) in [5, 5.41) is 2.91. The number of hydrogen-bond acceptors (Lipinski definition) is 7. The van der Waals surface area contributed by atoms with Gasteiger partial charge in [-0.2, -0.15) is 0 Å². The van der Waals surface area contributed by atoms with Gasteiger partial charge in [0.15, 0.2) is 0 Å². The van der Waals surface area contributed by atoms with Gasteiger partial charge in [-0.05, 0) is 85.4 Å². The van der Waals surface area contributed by atoms with Crippen molar-refractivity contribution in [2.45, 2.75) is 16.0 Å². The number of halogens is 1. The maximum absolute atomic E-state index is 12.8. The van der Waals surface area contributed by atoms with E-state index in [-0.39, 0.29) is 6.54 Å². The average Bonchev–Trinajstić information content (AvgIpc) is 3.36. The normalized spacial score (nSPS) is 14.6. The summed E-state index contributed by atoms with van der Waals surface area (Å²) in [6.45, 7) is 2.09. The highest BCUT2D eigenvalue weighted by atomic mass is 35.5. The van der Waals surface area contributed by atoms with Crippen LogP contribution in [0.2, 0.25) is 5.02 Å². The van der Waals surface area contributed by atoms with Gasteiger partial charge >= 0.3 is 0 Å². The summed E-state index contributed by atoms with van der Waals surface area (Å²) in [5.74, 6) is -0.234. The minimum absolute atomic E-state index is 0.295. The Labute approximate surface area is 214 Å². The van der Waals surface area contributed by atoms with Gasteiger partial charge in [0, 0.05) is 20.5 Å². The first kappa shape index (κ1) is 24.4. The van der Waals surface area contributed by atoms with Crippen molar-refractivity contribution in [2.24, 2.45) is 0 Å². The highest BCUT2D eigenvalue weighted by Crippen LogP contribution is 2.37.